The molecule has 0 aliphatic carbocycles. The first-order valence-electron chi connectivity index (χ1n) is 14.0. The van der Waals surface area contributed by atoms with E-state index in [1.54, 1.807) is 31.1 Å². The molecule has 41 heavy (non-hydrogen) atoms. The number of amides is 3. The van der Waals surface area contributed by atoms with Gasteiger partial charge in [-0.1, -0.05) is 0 Å². The summed E-state index contributed by atoms with van der Waals surface area (Å²) in [4.78, 5) is 50.1. The lowest BCUT2D eigenvalue weighted by molar-refractivity contribution is 0.0240. The zero-order valence-corrected chi connectivity index (χ0v) is 25.3. The number of rotatable bonds is 4. The smallest absolute Gasteiger partial charge is 0.410 e. The fourth-order valence-corrected chi connectivity index (χ4v) is 4.65. The minimum absolute atomic E-state index is 0.139. The average molecular weight is 569 g/mol. The fourth-order valence-electron chi connectivity index (χ4n) is 4.65. The van der Waals surface area contributed by atoms with E-state index >= 15 is 0 Å². The lowest BCUT2D eigenvalue weighted by Gasteiger charge is -2.37. The van der Waals surface area contributed by atoms with Gasteiger partial charge in [-0.3, -0.25) is 9.59 Å². The standard InChI is InChI=1S/C17H26N4O3.C12H18N4O/c1-12-14(7-6-13(19-12)15(22)18-5)20-8-10-21(11-9-20)16(23)24-17(2,3)4;1-9-11(16-7-5-14-6-8-16)4-3-10(15-9)12(17)13-2/h6-7H,8-11H2,1-5H3,(H,18,22);3-4,14H,5-8H2,1-2H3,(H,13,17). The van der Waals surface area contributed by atoms with Gasteiger partial charge in [0, 0.05) is 66.5 Å². The Morgan fingerprint density at radius 3 is 1.59 bits per heavy atom. The van der Waals surface area contributed by atoms with E-state index < -0.39 is 5.60 Å². The molecule has 2 saturated heterocycles. The largest absolute Gasteiger partial charge is 0.444 e. The van der Waals surface area contributed by atoms with E-state index in [2.05, 4.69) is 35.7 Å². The molecule has 224 valence electrons. The van der Waals surface area contributed by atoms with Gasteiger partial charge in [0.15, 0.2) is 0 Å². The van der Waals surface area contributed by atoms with Crippen molar-refractivity contribution in [1.29, 1.82) is 0 Å². The Bertz CT molecular complexity index is 1220. The second kappa shape index (κ2) is 14.1. The van der Waals surface area contributed by atoms with Gasteiger partial charge in [-0.05, 0) is 58.9 Å². The molecule has 2 fully saturated rings. The van der Waals surface area contributed by atoms with Crippen molar-refractivity contribution >= 4 is 29.3 Å². The molecule has 3 N–H and O–H groups in total. The van der Waals surface area contributed by atoms with Crippen LogP contribution in [0.25, 0.3) is 0 Å². The average Bonchev–Trinajstić information content (AvgIpc) is 2.96. The topological polar surface area (TPSA) is 132 Å². The predicted octanol–water partition coefficient (Wildman–Crippen LogP) is 1.97. The normalized spacial score (nSPS) is 15.4. The van der Waals surface area contributed by atoms with E-state index in [-0.39, 0.29) is 17.9 Å². The van der Waals surface area contributed by atoms with Crippen LogP contribution in [-0.4, -0.2) is 105 Å². The number of ether oxygens (including phenoxy) is 1. The minimum atomic E-state index is -0.482. The van der Waals surface area contributed by atoms with Crippen LogP contribution in [0.1, 0.15) is 53.1 Å². The molecule has 12 heteroatoms. The van der Waals surface area contributed by atoms with Crippen LogP contribution in [0.5, 0.6) is 0 Å². The molecular formula is C29H44N8O4. The third kappa shape index (κ3) is 8.78. The first-order valence-corrected chi connectivity index (χ1v) is 14.0. The number of aromatic nitrogens is 2. The van der Waals surface area contributed by atoms with Gasteiger partial charge in [0.25, 0.3) is 11.8 Å². The summed E-state index contributed by atoms with van der Waals surface area (Å²) < 4.78 is 5.41. The van der Waals surface area contributed by atoms with E-state index in [0.29, 0.717) is 37.6 Å². The van der Waals surface area contributed by atoms with Crippen LogP contribution in [0.2, 0.25) is 0 Å². The first kappa shape index (κ1) is 31.6. The van der Waals surface area contributed by atoms with E-state index in [0.717, 1.165) is 48.9 Å². The molecule has 0 aromatic carbocycles. The molecule has 12 nitrogen and oxygen atoms in total. The molecule has 2 aromatic rings. The number of aryl methyl sites for hydroxylation is 2. The molecule has 0 spiro atoms. The number of nitrogens with zero attached hydrogens (tertiary/aromatic N) is 5. The summed E-state index contributed by atoms with van der Waals surface area (Å²) in [5.41, 5.74) is 4.24. The van der Waals surface area contributed by atoms with Gasteiger partial charge in [0.2, 0.25) is 0 Å². The van der Waals surface area contributed by atoms with Crippen LogP contribution in [0.3, 0.4) is 0 Å². The molecule has 4 heterocycles. The number of anilines is 2. The lowest BCUT2D eigenvalue weighted by atomic mass is 10.2. The molecule has 0 radical (unpaired) electrons. The Labute approximate surface area is 242 Å². The maximum absolute atomic E-state index is 12.1. The van der Waals surface area contributed by atoms with Crippen molar-refractivity contribution in [1.82, 2.24) is 30.8 Å². The number of piperazine rings is 2. The van der Waals surface area contributed by atoms with Crippen molar-refractivity contribution in [2.24, 2.45) is 0 Å². The van der Waals surface area contributed by atoms with Crippen LogP contribution in [0.4, 0.5) is 16.2 Å². The summed E-state index contributed by atoms with van der Waals surface area (Å²) in [6.07, 6.45) is -0.271. The van der Waals surface area contributed by atoms with Gasteiger partial charge < -0.3 is 35.4 Å². The van der Waals surface area contributed by atoms with Gasteiger partial charge in [0.1, 0.15) is 17.0 Å². The molecule has 2 aromatic heterocycles. The number of carbonyl (C=O) groups excluding carboxylic acids is 3. The Morgan fingerprint density at radius 2 is 1.20 bits per heavy atom. The van der Waals surface area contributed by atoms with Gasteiger partial charge in [-0.25, -0.2) is 14.8 Å². The molecule has 0 saturated carbocycles. The second-order valence-corrected chi connectivity index (χ2v) is 11.0. The third-order valence-electron chi connectivity index (χ3n) is 6.76. The van der Waals surface area contributed by atoms with Gasteiger partial charge in [-0.2, -0.15) is 0 Å². The highest BCUT2D eigenvalue weighted by molar-refractivity contribution is 5.93. The molecule has 2 aliphatic heterocycles. The molecule has 0 atom stereocenters. The number of pyridine rings is 2. The van der Waals surface area contributed by atoms with Crippen molar-refractivity contribution in [2.45, 2.75) is 40.2 Å². The summed E-state index contributed by atoms with van der Waals surface area (Å²) in [7, 11) is 3.20. The molecule has 0 bridgehead atoms. The fraction of sp³-hybridized carbons (Fsp3) is 0.552. The van der Waals surface area contributed by atoms with Crippen LogP contribution < -0.4 is 25.8 Å². The highest BCUT2D eigenvalue weighted by atomic mass is 16.6. The van der Waals surface area contributed by atoms with Crippen LogP contribution in [0.15, 0.2) is 24.3 Å². The van der Waals surface area contributed by atoms with Crippen LogP contribution in [0, 0.1) is 13.8 Å². The Balaban J connectivity index is 0.000000239. The zero-order chi connectivity index (χ0) is 30.2. The maximum Gasteiger partial charge on any atom is 0.410 e. The highest BCUT2D eigenvalue weighted by Crippen LogP contribution is 2.22. The van der Waals surface area contributed by atoms with Crippen molar-refractivity contribution < 1.29 is 19.1 Å². The number of hydrogen-bond acceptors (Lipinski definition) is 9. The number of carbonyl (C=O) groups is 3. The summed E-state index contributed by atoms with van der Waals surface area (Å²) >= 11 is 0. The third-order valence-corrected chi connectivity index (χ3v) is 6.76. The van der Waals surface area contributed by atoms with Crippen molar-refractivity contribution in [3.63, 3.8) is 0 Å². The Morgan fingerprint density at radius 1 is 0.756 bits per heavy atom. The molecule has 2 aliphatic rings. The summed E-state index contributed by atoms with van der Waals surface area (Å²) in [6, 6.07) is 7.40. The zero-order valence-electron chi connectivity index (χ0n) is 25.3. The predicted molar refractivity (Wildman–Crippen MR) is 160 cm³/mol. The highest BCUT2D eigenvalue weighted by Gasteiger charge is 2.26. The Kier molecular flexibility index (Phi) is 10.9. The van der Waals surface area contributed by atoms with E-state index in [4.69, 9.17) is 4.74 Å². The Hall–Kier alpha value is -3.93. The number of nitrogens with one attached hydrogen (secondary N) is 3. The van der Waals surface area contributed by atoms with Crippen LogP contribution in [-0.2, 0) is 4.74 Å². The summed E-state index contributed by atoms with van der Waals surface area (Å²) in [5, 5.41) is 8.47. The SMILES string of the molecule is CNC(=O)c1ccc(N2CCN(C(=O)OC(C)(C)C)CC2)c(C)n1.CNC(=O)c1ccc(N2CCNCC2)c(C)n1. The monoisotopic (exact) mass is 568 g/mol. The maximum atomic E-state index is 12.1. The number of hydrogen-bond donors (Lipinski definition) is 3. The van der Waals surface area contributed by atoms with E-state index in [1.165, 1.54) is 0 Å². The summed E-state index contributed by atoms with van der Waals surface area (Å²) in [5.74, 6) is -0.334. The molecular weight excluding hydrogens is 524 g/mol. The van der Waals surface area contributed by atoms with Crippen LogP contribution >= 0.6 is 0 Å². The van der Waals surface area contributed by atoms with Crippen molar-refractivity contribution in [3.05, 3.63) is 47.0 Å². The van der Waals surface area contributed by atoms with Gasteiger partial charge in [-0.15, -0.1) is 0 Å². The quantitative estimate of drug-likeness (QED) is 0.506. The van der Waals surface area contributed by atoms with Gasteiger partial charge >= 0.3 is 6.09 Å². The minimum Gasteiger partial charge on any atom is -0.444 e. The van der Waals surface area contributed by atoms with Crippen molar-refractivity contribution in [3.8, 4) is 0 Å². The molecule has 0 unspecified atom stereocenters. The summed E-state index contributed by atoms with van der Waals surface area (Å²) in [6.45, 7) is 16.0. The first-order chi connectivity index (χ1) is 19.4. The second-order valence-electron chi connectivity index (χ2n) is 11.0. The lowest BCUT2D eigenvalue weighted by Crippen LogP contribution is -2.50. The van der Waals surface area contributed by atoms with Gasteiger partial charge in [0.05, 0.1) is 22.8 Å². The molecule has 3 amide bonds. The van der Waals surface area contributed by atoms with E-state index in [1.807, 2.05) is 46.8 Å². The van der Waals surface area contributed by atoms with Crippen molar-refractivity contribution in [2.75, 3.05) is 76.3 Å². The van der Waals surface area contributed by atoms with E-state index in [9.17, 15) is 14.4 Å². The molecule has 4 rings (SSSR count).